The quantitative estimate of drug-likeness (QED) is 0.711. The Balaban J connectivity index is 2.21. The van der Waals surface area contributed by atoms with Gasteiger partial charge in [0.25, 0.3) is 0 Å². The maximum Gasteiger partial charge on any atom is 0.340 e. The van der Waals surface area contributed by atoms with E-state index in [2.05, 4.69) is 9.97 Å². The van der Waals surface area contributed by atoms with Gasteiger partial charge in [-0.2, -0.15) is 0 Å². The summed E-state index contributed by atoms with van der Waals surface area (Å²) < 4.78 is 5.88. The molecule has 0 aliphatic carbocycles. The summed E-state index contributed by atoms with van der Waals surface area (Å²) in [5, 5.41) is 0. The fourth-order valence-corrected chi connectivity index (χ4v) is 3.40. The highest BCUT2D eigenvalue weighted by molar-refractivity contribution is 7.20. The van der Waals surface area contributed by atoms with E-state index < -0.39 is 5.97 Å². The number of carbonyl (C=O) groups is 1. The van der Waals surface area contributed by atoms with Crippen LogP contribution in [0.5, 0.6) is 0 Å². The number of rotatable bonds is 2. The molecule has 102 valence electrons. The molecule has 0 unspecified atom stereocenters. The van der Waals surface area contributed by atoms with Crippen LogP contribution in [0.3, 0.4) is 0 Å². The summed E-state index contributed by atoms with van der Waals surface area (Å²) in [7, 11) is 1.34. The number of ether oxygens (including phenoxy) is 1. The summed E-state index contributed by atoms with van der Waals surface area (Å²) in [4.78, 5) is 19.3. The number of hydrogen-bond donors (Lipinski definition) is 1. The van der Waals surface area contributed by atoms with Crippen LogP contribution in [0.4, 0.5) is 0 Å². The van der Waals surface area contributed by atoms with E-state index in [1.54, 1.807) is 18.2 Å². The average molecular weight is 327 g/mol. The summed E-state index contributed by atoms with van der Waals surface area (Å²) in [5.74, 6) is 0.146. The van der Waals surface area contributed by atoms with Crippen molar-refractivity contribution in [3.63, 3.8) is 0 Å². The minimum absolute atomic E-state index is 0.407. The van der Waals surface area contributed by atoms with Gasteiger partial charge in [-0.05, 0) is 18.2 Å². The van der Waals surface area contributed by atoms with E-state index in [0.717, 1.165) is 5.52 Å². The molecule has 2 aromatic heterocycles. The predicted octanol–water partition coefficient (Wildman–Crippen LogP) is 4.38. The maximum absolute atomic E-state index is 11.7. The molecule has 0 aliphatic heterocycles. The van der Waals surface area contributed by atoms with E-state index in [1.165, 1.54) is 18.4 Å². The Labute approximate surface area is 128 Å². The molecule has 3 rings (SSSR count). The third-order valence-electron chi connectivity index (χ3n) is 2.83. The second kappa shape index (κ2) is 5.09. The third kappa shape index (κ3) is 2.18. The number of nitrogens with one attached hydrogen (secondary N) is 1. The van der Waals surface area contributed by atoms with Gasteiger partial charge in [0, 0.05) is 5.56 Å². The lowest BCUT2D eigenvalue weighted by Crippen LogP contribution is -2.01. The van der Waals surface area contributed by atoms with Gasteiger partial charge in [-0.3, -0.25) is 0 Å². The molecular weight excluding hydrogens is 319 g/mol. The minimum Gasteiger partial charge on any atom is -0.465 e. The molecule has 0 radical (unpaired) electrons. The van der Waals surface area contributed by atoms with Crippen molar-refractivity contribution < 1.29 is 9.53 Å². The molecule has 4 nitrogen and oxygen atoms in total. The first-order chi connectivity index (χ1) is 9.60. The summed E-state index contributed by atoms with van der Waals surface area (Å²) in [6.45, 7) is 0. The van der Waals surface area contributed by atoms with Crippen molar-refractivity contribution in [2.75, 3.05) is 7.11 Å². The molecule has 1 N–H and O–H groups in total. The first-order valence-corrected chi connectivity index (χ1v) is 7.19. The third-order valence-corrected chi connectivity index (χ3v) is 4.32. The number of halogens is 2. The fourth-order valence-electron chi connectivity index (χ4n) is 1.94. The number of esters is 1. The zero-order valence-corrected chi connectivity index (χ0v) is 12.6. The molecular formula is C13H8Cl2N2O2S. The second-order valence-electron chi connectivity index (χ2n) is 4.02. The van der Waals surface area contributed by atoms with Gasteiger partial charge >= 0.3 is 5.97 Å². The van der Waals surface area contributed by atoms with Gasteiger partial charge in [0.2, 0.25) is 0 Å². The Morgan fingerprint density at radius 1 is 1.40 bits per heavy atom. The Morgan fingerprint density at radius 3 is 2.85 bits per heavy atom. The van der Waals surface area contributed by atoms with Crippen LogP contribution in [0.1, 0.15) is 10.4 Å². The Morgan fingerprint density at radius 2 is 2.20 bits per heavy atom. The number of thiophene rings is 1. The highest BCUT2D eigenvalue weighted by Gasteiger charge is 2.17. The molecule has 0 atom stereocenters. The lowest BCUT2D eigenvalue weighted by molar-refractivity contribution is 0.0603. The zero-order chi connectivity index (χ0) is 14.3. The van der Waals surface area contributed by atoms with Gasteiger partial charge in [-0.15, -0.1) is 11.3 Å². The van der Waals surface area contributed by atoms with Crippen molar-refractivity contribution in [3.05, 3.63) is 38.5 Å². The number of nitrogens with zero attached hydrogens (tertiary/aromatic N) is 1. The minimum atomic E-state index is -0.428. The van der Waals surface area contributed by atoms with Crippen LogP contribution in [0.15, 0.2) is 24.3 Å². The normalized spacial score (nSPS) is 10.9. The maximum atomic E-state index is 11.7. The van der Waals surface area contributed by atoms with E-state index in [0.29, 0.717) is 31.1 Å². The Bertz CT molecular complexity index is 810. The number of carbonyl (C=O) groups excluding carboxylic acids is 1. The van der Waals surface area contributed by atoms with Gasteiger partial charge in [0.1, 0.15) is 15.7 Å². The number of imidazole rings is 1. The van der Waals surface area contributed by atoms with Gasteiger partial charge in [-0.25, -0.2) is 9.78 Å². The topological polar surface area (TPSA) is 55.0 Å². The molecule has 2 heterocycles. The molecule has 0 aliphatic rings. The van der Waals surface area contributed by atoms with Gasteiger partial charge < -0.3 is 9.72 Å². The van der Waals surface area contributed by atoms with E-state index in [1.807, 2.05) is 6.07 Å². The molecule has 0 bridgehead atoms. The monoisotopic (exact) mass is 326 g/mol. The molecule has 7 heteroatoms. The van der Waals surface area contributed by atoms with Crippen LogP contribution in [0.2, 0.25) is 8.67 Å². The van der Waals surface area contributed by atoms with E-state index in [-0.39, 0.29) is 0 Å². The van der Waals surface area contributed by atoms with Gasteiger partial charge in [-0.1, -0.05) is 29.3 Å². The van der Waals surface area contributed by atoms with Crippen molar-refractivity contribution in [1.82, 2.24) is 9.97 Å². The predicted molar refractivity (Wildman–Crippen MR) is 80.8 cm³/mol. The van der Waals surface area contributed by atoms with E-state index in [4.69, 9.17) is 27.9 Å². The number of H-pyrrole nitrogens is 1. The van der Waals surface area contributed by atoms with Gasteiger partial charge in [0.05, 0.1) is 22.5 Å². The first-order valence-electron chi connectivity index (χ1n) is 5.62. The second-order valence-corrected chi connectivity index (χ2v) is 6.30. The summed E-state index contributed by atoms with van der Waals surface area (Å²) in [6, 6.07) is 7.00. The van der Waals surface area contributed by atoms with Crippen LogP contribution in [-0.4, -0.2) is 23.0 Å². The van der Waals surface area contributed by atoms with Crippen molar-refractivity contribution in [1.29, 1.82) is 0 Å². The molecule has 0 amide bonds. The van der Waals surface area contributed by atoms with Crippen LogP contribution in [0.25, 0.3) is 22.4 Å². The molecule has 20 heavy (non-hydrogen) atoms. The van der Waals surface area contributed by atoms with Gasteiger partial charge in [0.15, 0.2) is 0 Å². The van der Waals surface area contributed by atoms with Crippen LogP contribution in [0, 0.1) is 0 Å². The van der Waals surface area contributed by atoms with Crippen LogP contribution < -0.4 is 0 Å². The zero-order valence-electron chi connectivity index (χ0n) is 10.2. The lowest BCUT2D eigenvalue weighted by atomic mass is 10.2. The number of fused-ring (bicyclic) bond motifs is 1. The molecule has 3 aromatic rings. The van der Waals surface area contributed by atoms with Crippen molar-refractivity contribution >= 4 is 51.5 Å². The molecule has 0 fully saturated rings. The molecule has 1 aromatic carbocycles. The van der Waals surface area contributed by atoms with Crippen LogP contribution >= 0.6 is 34.5 Å². The summed E-state index contributed by atoms with van der Waals surface area (Å²) >= 11 is 13.3. The average Bonchev–Trinajstić information content (AvgIpc) is 3.00. The Kier molecular flexibility index (Phi) is 3.41. The SMILES string of the molecule is COC(=O)c1cccc2[nH]c(-c3cc(Cl)sc3Cl)nc12. The number of aromatic amines is 1. The smallest absolute Gasteiger partial charge is 0.340 e. The molecule has 0 saturated carbocycles. The van der Waals surface area contributed by atoms with E-state index in [9.17, 15) is 4.79 Å². The number of para-hydroxylation sites is 1. The highest BCUT2D eigenvalue weighted by Crippen LogP contribution is 2.37. The number of methoxy groups -OCH3 is 1. The number of hydrogen-bond acceptors (Lipinski definition) is 4. The van der Waals surface area contributed by atoms with Crippen molar-refractivity contribution in [2.24, 2.45) is 0 Å². The largest absolute Gasteiger partial charge is 0.465 e. The fraction of sp³-hybridized carbons (Fsp3) is 0.0769. The standard InChI is InChI=1S/C13H8Cl2N2O2S/c1-19-13(18)6-3-2-4-8-10(6)17-12(16-8)7-5-9(14)20-11(7)15/h2-5H,1H3,(H,16,17). The summed E-state index contributed by atoms with van der Waals surface area (Å²) in [6.07, 6.45) is 0. The van der Waals surface area contributed by atoms with Crippen molar-refractivity contribution in [2.45, 2.75) is 0 Å². The lowest BCUT2D eigenvalue weighted by Gasteiger charge is -1.98. The summed E-state index contributed by atoms with van der Waals surface area (Å²) in [5.41, 5.74) is 2.41. The van der Waals surface area contributed by atoms with E-state index >= 15 is 0 Å². The number of aromatic nitrogens is 2. The molecule has 0 saturated heterocycles. The van der Waals surface area contributed by atoms with Crippen LogP contribution in [-0.2, 0) is 4.74 Å². The molecule has 0 spiro atoms. The Hall–Kier alpha value is -1.56. The highest BCUT2D eigenvalue weighted by atomic mass is 35.5. The first kappa shape index (κ1) is 13.4. The van der Waals surface area contributed by atoms with Crippen molar-refractivity contribution in [3.8, 4) is 11.4 Å². The number of benzene rings is 1.